The van der Waals surface area contributed by atoms with Gasteiger partial charge in [-0.3, -0.25) is 4.90 Å². The highest BCUT2D eigenvalue weighted by Crippen LogP contribution is 2.14. The van der Waals surface area contributed by atoms with E-state index < -0.39 is 6.10 Å². The summed E-state index contributed by atoms with van der Waals surface area (Å²) < 4.78 is 11.3. The van der Waals surface area contributed by atoms with Gasteiger partial charge >= 0.3 is 0 Å². The van der Waals surface area contributed by atoms with E-state index in [4.69, 9.17) is 9.47 Å². The summed E-state index contributed by atoms with van der Waals surface area (Å²) in [7, 11) is 0. The lowest BCUT2D eigenvalue weighted by atomic mass is 10.2. The number of aryl methyl sites for hydroxylation is 1. The molecule has 4 heteroatoms. The minimum atomic E-state index is -0.479. The summed E-state index contributed by atoms with van der Waals surface area (Å²) >= 11 is 0. The molecule has 1 heterocycles. The Morgan fingerprint density at radius 3 is 2.70 bits per heavy atom. The SMILES string of the molecule is Cc1cccc(OC[C@H](O)CN2C[C@@H](C)O[C@@H](C)C2)c1. The molecule has 112 valence electrons. The Morgan fingerprint density at radius 1 is 1.35 bits per heavy atom. The molecule has 1 aromatic rings. The topological polar surface area (TPSA) is 41.9 Å². The van der Waals surface area contributed by atoms with Crippen LogP contribution in [0.5, 0.6) is 5.75 Å². The largest absolute Gasteiger partial charge is 0.491 e. The highest BCUT2D eigenvalue weighted by molar-refractivity contribution is 5.27. The predicted octanol–water partition coefficient (Wildman–Crippen LogP) is 1.84. The van der Waals surface area contributed by atoms with Crippen molar-refractivity contribution in [2.24, 2.45) is 0 Å². The van der Waals surface area contributed by atoms with E-state index in [1.54, 1.807) is 0 Å². The Bertz CT molecular complexity index is 414. The van der Waals surface area contributed by atoms with E-state index in [1.165, 1.54) is 0 Å². The fourth-order valence-electron chi connectivity index (χ4n) is 2.68. The van der Waals surface area contributed by atoms with Crippen LogP contribution < -0.4 is 4.74 Å². The first-order valence-electron chi connectivity index (χ1n) is 7.28. The Balaban J connectivity index is 1.76. The number of hydrogen-bond acceptors (Lipinski definition) is 4. The number of hydrogen-bond donors (Lipinski definition) is 1. The van der Waals surface area contributed by atoms with Gasteiger partial charge in [0.05, 0.1) is 12.2 Å². The van der Waals surface area contributed by atoms with Crippen molar-refractivity contribution in [3.05, 3.63) is 29.8 Å². The number of benzene rings is 1. The molecule has 1 aromatic carbocycles. The monoisotopic (exact) mass is 279 g/mol. The van der Waals surface area contributed by atoms with Crippen molar-refractivity contribution in [1.29, 1.82) is 0 Å². The zero-order chi connectivity index (χ0) is 14.5. The maximum atomic E-state index is 10.1. The first kappa shape index (κ1) is 15.3. The van der Waals surface area contributed by atoms with E-state index in [0.717, 1.165) is 24.4 Å². The first-order chi connectivity index (χ1) is 9.52. The van der Waals surface area contributed by atoms with Gasteiger partial charge in [-0.25, -0.2) is 0 Å². The molecular formula is C16H25NO3. The van der Waals surface area contributed by atoms with Crippen molar-refractivity contribution >= 4 is 0 Å². The van der Waals surface area contributed by atoms with Gasteiger partial charge in [-0.2, -0.15) is 0 Å². The molecule has 0 spiro atoms. The Hall–Kier alpha value is -1.10. The lowest BCUT2D eigenvalue weighted by Crippen LogP contribution is -2.48. The van der Waals surface area contributed by atoms with Crippen LogP contribution in [0.15, 0.2) is 24.3 Å². The molecular weight excluding hydrogens is 254 g/mol. The minimum Gasteiger partial charge on any atom is -0.491 e. The van der Waals surface area contributed by atoms with Gasteiger partial charge in [0, 0.05) is 19.6 Å². The lowest BCUT2D eigenvalue weighted by Gasteiger charge is -2.36. The summed E-state index contributed by atoms with van der Waals surface area (Å²) in [4.78, 5) is 2.24. The van der Waals surface area contributed by atoms with Crippen LogP contribution >= 0.6 is 0 Å². The van der Waals surface area contributed by atoms with Crippen LogP contribution in [-0.2, 0) is 4.74 Å². The molecule has 3 atom stereocenters. The van der Waals surface area contributed by atoms with Crippen molar-refractivity contribution in [3.63, 3.8) is 0 Å². The number of aliphatic hydroxyl groups is 1. The zero-order valence-electron chi connectivity index (χ0n) is 12.6. The molecule has 0 unspecified atom stereocenters. The molecule has 0 aliphatic carbocycles. The molecule has 1 aliphatic heterocycles. The van der Waals surface area contributed by atoms with Gasteiger partial charge in [-0.1, -0.05) is 12.1 Å². The summed E-state index contributed by atoms with van der Waals surface area (Å²) in [6.45, 7) is 8.85. The van der Waals surface area contributed by atoms with Crippen LogP contribution in [-0.4, -0.2) is 54.6 Å². The smallest absolute Gasteiger partial charge is 0.119 e. The first-order valence-corrected chi connectivity index (χ1v) is 7.28. The van der Waals surface area contributed by atoms with Gasteiger partial charge in [-0.15, -0.1) is 0 Å². The molecule has 0 radical (unpaired) electrons. The molecule has 1 N–H and O–H groups in total. The van der Waals surface area contributed by atoms with Crippen LogP contribution in [0, 0.1) is 6.92 Å². The Labute approximate surface area is 121 Å². The van der Waals surface area contributed by atoms with Crippen LogP contribution in [0.1, 0.15) is 19.4 Å². The summed E-state index contributed by atoms with van der Waals surface area (Å²) in [5.74, 6) is 0.813. The fraction of sp³-hybridized carbons (Fsp3) is 0.625. The maximum absolute atomic E-state index is 10.1. The number of aliphatic hydroxyl groups excluding tert-OH is 1. The number of β-amino-alcohol motifs (C(OH)–C–C–N with tert-alkyl or cyclic N) is 1. The summed E-state index contributed by atoms with van der Waals surface area (Å²) in [5, 5.41) is 10.1. The van der Waals surface area contributed by atoms with Gasteiger partial charge in [0.15, 0.2) is 0 Å². The van der Waals surface area contributed by atoms with Crippen molar-refractivity contribution in [1.82, 2.24) is 4.90 Å². The molecule has 0 amide bonds. The Kier molecular flexibility index (Phi) is 5.40. The molecule has 0 saturated carbocycles. The third-order valence-corrected chi connectivity index (χ3v) is 3.40. The van der Waals surface area contributed by atoms with Gasteiger partial charge in [0.1, 0.15) is 18.5 Å². The quantitative estimate of drug-likeness (QED) is 0.893. The van der Waals surface area contributed by atoms with E-state index in [9.17, 15) is 5.11 Å². The van der Waals surface area contributed by atoms with Crippen molar-refractivity contribution in [3.8, 4) is 5.75 Å². The van der Waals surface area contributed by atoms with Crippen LogP contribution in [0.3, 0.4) is 0 Å². The minimum absolute atomic E-state index is 0.226. The fourth-order valence-corrected chi connectivity index (χ4v) is 2.68. The summed E-state index contributed by atoms with van der Waals surface area (Å²) in [5.41, 5.74) is 1.16. The molecule has 1 aliphatic rings. The van der Waals surface area contributed by atoms with Crippen LogP contribution in [0.25, 0.3) is 0 Å². The molecule has 4 nitrogen and oxygen atoms in total. The van der Waals surface area contributed by atoms with Gasteiger partial charge in [0.25, 0.3) is 0 Å². The second kappa shape index (κ2) is 7.07. The van der Waals surface area contributed by atoms with E-state index >= 15 is 0 Å². The lowest BCUT2D eigenvalue weighted by molar-refractivity contribution is -0.0786. The second-order valence-corrected chi connectivity index (χ2v) is 5.76. The molecule has 0 aromatic heterocycles. The third kappa shape index (κ3) is 4.78. The third-order valence-electron chi connectivity index (χ3n) is 3.40. The normalized spacial score (nSPS) is 25.4. The maximum Gasteiger partial charge on any atom is 0.119 e. The standard InChI is InChI=1S/C16H25NO3/c1-12-5-4-6-16(7-12)19-11-15(18)10-17-8-13(2)20-14(3)9-17/h4-7,13-15,18H,8-11H2,1-3H3/t13-,14+,15-/m1/s1. The zero-order valence-corrected chi connectivity index (χ0v) is 12.6. The van der Waals surface area contributed by atoms with Gasteiger partial charge < -0.3 is 14.6 Å². The number of nitrogens with zero attached hydrogens (tertiary/aromatic N) is 1. The average molecular weight is 279 g/mol. The van der Waals surface area contributed by atoms with E-state index in [0.29, 0.717) is 13.2 Å². The van der Waals surface area contributed by atoms with Crippen LogP contribution in [0.4, 0.5) is 0 Å². The molecule has 1 saturated heterocycles. The molecule has 1 fully saturated rings. The Morgan fingerprint density at radius 2 is 2.05 bits per heavy atom. The van der Waals surface area contributed by atoms with Crippen molar-refractivity contribution in [2.45, 2.75) is 39.1 Å². The molecule has 0 bridgehead atoms. The average Bonchev–Trinajstić information content (AvgIpc) is 2.35. The molecule has 2 rings (SSSR count). The number of ether oxygens (including phenoxy) is 2. The highest BCUT2D eigenvalue weighted by Gasteiger charge is 2.23. The highest BCUT2D eigenvalue weighted by atomic mass is 16.5. The summed E-state index contributed by atoms with van der Waals surface area (Å²) in [6, 6.07) is 7.88. The van der Waals surface area contributed by atoms with E-state index in [-0.39, 0.29) is 12.2 Å². The molecule has 20 heavy (non-hydrogen) atoms. The van der Waals surface area contributed by atoms with Crippen molar-refractivity contribution in [2.75, 3.05) is 26.2 Å². The van der Waals surface area contributed by atoms with Crippen molar-refractivity contribution < 1.29 is 14.6 Å². The second-order valence-electron chi connectivity index (χ2n) is 5.76. The van der Waals surface area contributed by atoms with E-state index in [2.05, 4.69) is 18.7 Å². The predicted molar refractivity (Wildman–Crippen MR) is 79.1 cm³/mol. The van der Waals surface area contributed by atoms with E-state index in [1.807, 2.05) is 31.2 Å². The van der Waals surface area contributed by atoms with Gasteiger partial charge in [-0.05, 0) is 38.5 Å². The van der Waals surface area contributed by atoms with Gasteiger partial charge in [0.2, 0.25) is 0 Å². The number of rotatable bonds is 5. The summed E-state index contributed by atoms with van der Waals surface area (Å²) in [6.07, 6.45) is -0.0275. The van der Waals surface area contributed by atoms with Crippen LogP contribution in [0.2, 0.25) is 0 Å². The number of morpholine rings is 1.